The first-order valence-corrected chi connectivity index (χ1v) is 7.66. The lowest BCUT2D eigenvalue weighted by Crippen LogP contribution is -2.44. The van der Waals surface area contributed by atoms with Crippen molar-refractivity contribution in [3.8, 4) is 0 Å². The van der Waals surface area contributed by atoms with Crippen LogP contribution < -0.4 is 10.2 Å². The zero-order valence-corrected chi connectivity index (χ0v) is 12.6. The van der Waals surface area contributed by atoms with E-state index in [2.05, 4.69) is 10.2 Å². The number of amides is 2. The number of nitrogens with zero attached hydrogens (tertiary/aromatic N) is 2. The van der Waals surface area contributed by atoms with Crippen LogP contribution in [-0.2, 0) is 4.79 Å². The average molecular weight is 287 g/mol. The molecule has 2 heterocycles. The molecule has 21 heavy (non-hydrogen) atoms. The molecule has 1 atom stereocenters. The summed E-state index contributed by atoms with van der Waals surface area (Å²) in [7, 11) is 0. The molecule has 1 fully saturated rings. The molecule has 0 saturated carbocycles. The van der Waals surface area contributed by atoms with E-state index in [-0.39, 0.29) is 17.9 Å². The van der Waals surface area contributed by atoms with Crippen LogP contribution in [0.3, 0.4) is 0 Å². The summed E-state index contributed by atoms with van der Waals surface area (Å²) in [5, 5.41) is 2.95. The Morgan fingerprint density at radius 2 is 2.14 bits per heavy atom. The highest BCUT2D eigenvalue weighted by Gasteiger charge is 2.36. The fourth-order valence-corrected chi connectivity index (χ4v) is 3.26. The van der Waals surface area contributed by atoms with Gasteiger partial charge in [0.15, 0.2) is 0 Å². The first-order valence-electron chi connectivity index (χ1n) is 7.66. The van der Waals surface area contributed by atoms with E-state index in [4.69, 9.17) is 0 Å². The number of anilines is 2. The number of carbonyl (C=O) groups excluding carboxylic acids is 2. The van der Waals surface area contributed by atoms with Gasteiger partial charge in [-0.1, -0.05) is 0 Å². The summed E-state index contributed by atoms with van der Waals surface area (Å²) < 4.78 is 0. The van der Waals surface area contributed by atoms with Crippen LogP contribution in [0.5, 0.6) is 0 Å². The number of rotatable bonds is 3. The normalized spacial score (nSPS) is 19.8. The fourth-order valence-electron chi connectivity index (χ4n) is 3.26. The maximum Gasteiger partial charge on any atom is 0.253 e. The first-order chi connectivity index (χ1) is 10.2. The lowest BCUT2D eigenvalue weighted by atomic mass is 10.1. The van der Waals surface area contributed by atoms with Crippen molar-refractivity contribution in [3.05, 3.63) is 23.8 Å². The molecular formula is C16H21N3O2. The van der Waals surface area contributed by atoms with Crippen molar-refractivity contribution in [1.29, 1.82) is 0 Å². The van der Waals surface area contributed by atoms with Gasteiger partial charge in [0.1, 0.15) is 6.04 Å². The van der Waals surface area contributed by atoms with E-state index in [0.29, 0.717) is 18.7 Å². The third-order valence-electron chi connectivity index (χ3n) is 4.42. The van der Waals surface area contributed by atoms with Crippen molar-refractivity contribution >= 4 is 23.2 Å². The largest absolute Gasteiger partial charge is 0.358 e. The van der Waals surface area contributed by atoms with E-state index < -0.39 is 0 Å². The van der Waals surface area contributed by atoms with E-state index in [9.17, 15) is 9.59 Å². The molecule has 3 rings (SSSR count). The second kappa shape index (κ2) is 5.39. The fraction of sp³-hybridized carbons (Fsp3) is 0.500. The van der Waals surface area contributed by atoms with Gasteiger partial charge in [0.05, 0.1) is 11.4 Å². The van der Waals surface area contributed by atoms with Crippen molar-refractivity contribution in [2.45, 2.75) is 32.7 Å². The Hall–Kier alpha value is -2.04. The van der Waals surface area contributed by atoms with E-state index in [0.717, 1.165) is 30.8 Å². The quantitative estimate of drug-likeness (QED) is 0.926. The SMILES string of the molecule is CCN(CC)C(=O)c1ccc2c(c1)NC(=O)C1CCCN21. The number of fused-ring (bicyclic) bond motifs is 3. The third-order valence-corrected chi connectivity index (χ3v) is 4.42. The molecule has 0 spiro atoms. The molecule has 1 N–H and O–H groups in total. The number of carbonyl (C=O) groups is 2. The van der Waals surface area contributed by atoms with Crippen LogP contribution in [0.1, 0.15) is 37.0 Å². The van der Waals surface area contributed by atoms with Gasteiger partial charge >= 0.3 is 0 Å². The zero-order chi connectivity index (χ0) is 15.0. The van der Waals surface area contributed by atoms with Gasteiger partial charge in [-0.3, -0.25) is 9.59 Å². The molecule has 0 aliphatic carbocycles. The molecule has 0 radical (unpaired) electrons. The Labute approximate surface area is 124 Å². The monoisotopic (exact) mass is 287 g/mol. The van der Waals surface area contributed by atoms with Crippen molar-refractivity contribution < 1.29 is 9.59 Å². The molecule has 1 saturated heterocycles. The van der Waals surface area contributed by atoms with Crippen molar-refractivity contribution in [2.75, 3.05) is 29.9 Å². The van der Waals surface area contributed by atoms with Gasteiger partial charge in [-0.25, -0.2) is 0 Å². The van der Waals surface area contributed by atoms with Gasteiger partial charge in [0.2, 0.25) is 5.91 Å². The number of benzene rings is 1. The molecule has 1 unspecified atom stereocenters. The molecule has 2 aliphatic heterocycles. The Morgan fingerprint density at radius 1 is 1.38 bits per heavy atom. The topological polar surface area (TPSA) is 52.7 Å². The third kappa shape index (κ3) is 2.26. The van der Waals surface area contributed by atoms with Crippen molar-refractivity contribution in [2.24, 2.45) is 0 Å². The first kappa shape index (κ1) is 13.9. The standard InChI is InChI=1S/C16H21N3O2/c1-3-18(4-2)16(21)11-7-8-13-12(10-11)17-15(20)14-6-5-9-19(13)14/h7-8,10,14H,3-6,9H2,1-2H3,(H,17,20). The maximum atomic E-state index is 12.4. The molecule has 5 heteroatoms. The minimum absolute atomic E-state index is 0.0144. The van der Waals surface area contributed by atoms with Crippen molar-refractivity contribution in [3.63, 3.8) is 0 Å². The Balaban J connectivity index is 1.93. The molecule has 0 aromatic heterocycles. The van der Waals surface area contributed by atoms with E-state index in [1.165, 1.54) is 0 Å². The smallest absolute Gasteiger partial charge is 0.253 e. The van der Waals surface area contributed by atoms with Crippen LogP contribution >= 0.6 is 0 Å². The summed E-state index contributed by atoms with van der Waals surface area (Å²) in [6.45, 7) is 6.22. The van der Waals surface area contributed by atoms with Crippen LogP contribution in [-0.4, -0.2) is 42.4 Å². The summed E-state index contributed by atoms with van der Waals surface area (Å²) in [5.41, 5.74) is 2.43. The minimum Gasteiger partial charge on any atom is -0.358 e. The Bertz CT molecular complexity index is 581. The second-order valence-corrected chi connectivity index (χ2v) is 5.55. The molecule has 2 aliphatic rings. The van der Waals surface area contributed by atoms with E-state index >= 15 is 0 Å². The zero-order valence-electron chi connectivity index (χ0n) is 12.6. The summed E-state index contributed by atoms with van der Waals surface area (Å²) >= 11 is 0. The van der Waals surface area contributed by atoms with Crippen LogP contribution in [0.15, 0.2) is 18.2 Å². The number of hydrogen-bond donors (Lipinski definition) is 1. The lowest BCUT2D eigenvalue weighted by molar-refractivity contribution is -0.117. The summed E-state index contributed by atoms with van der Waals surface area (Å²) in [6.07, 6.45) is 1.95. The van der Waals surface area contributed by atoms with Gasteiger partial charge in [-0.05, 0) is 44.9 Å². The predicted octanol–water partition coefficient (Wildman–Crippen LogP) is 2.09. The number of hydrogen-bond acceptors (Lipinski definition) is 3. The molecule has 0 bridgehead atoms. The molecule has 1 aromatic carbocycles. The van der Waals surface area contributed by atoms with Gasteiger partial charge in [-0.15, -0.1) is 0 Å². The van der Waals surface area contributed by atoms with Gasteiger partial charge in [0, 0.05) is 25.2 Å². The number of nitrogens with one attached hydrogen (secondary N) is 1. The van der Waals surface area contributed by atoms with Gasteiger partial charge < -0.3 is 15.1 Å². The summed E-state index contributed by atoms with van der Waals surface area (Å²) in [5.74, 6) is 0.0630. The Kier molecular flexibility index (Phi) is 3.57. The summed E-state index contributed by atoms with van der Waals surface area (Å²) in [4.78, 5) is 28.5. The summed E-state index contributed by atoms with van der Waals surface area (Å²) in [6, 6.07) is 5.60. The second-order valence-electron chi connectivity index (χ2n) is 5.55. The molecule has 112 valence electrons. The molecule has 1 aromatic rings. The van der Waals surface area contributed by atoms with Gasteiger partial charge in [0.25, 0.3) is 5.91 Å². The Morgan fingerprint density at radius 3 is 2.86 bits per heavy atom. The highest BCUT2D eigenvalue weighted by atomic mass is 16.2. The van der Waals surface area contributed by atoms with E-state index in [1.54, 1.807) is 4.90 Å². The predicted molar refractivity (Wildman–Crippen MR) is 82.7 cm³/mol. The van der Waals surface area contributed by atoms with Crippen molar-refractivity contribution in [1.82, 2.24) is 4.90 Å². The van der Waals surface area contributed by atoms with Gasteiger partial charge in [-0.2, -0.15) is 0 Å². The van der Waals surface area contributed by atoms with Crippen LogP contribution in [0.25, 0.3) is 0 Å². The maximum absolute atomic E-state index is 12.4. The average Bonchev–Trinajstić information content (AvgIpc) is 2.98. The lowest BCUT2D eigenvalue weighted by Gasteiger charge is -2.33. The highest BCUT2D eigenvalue weighted by Crippen LogP contribution is 2.37. The van der Waals surface area contributed by atoms with Crippen LogP contribution in [0.4, 0.5) is 11.4 Å². The minimum atomic E-state index is -0.0400. The highest BCUT2D eigenvalue weighted by molar-refractivity contribution is 6.06. The van der Waals surface area contributed by atoms with Crippen LogP contribution in [0.2, 0.25) is 0 Å². The molecule has 5 nitrogen and oxygen atoms in total. The molecule has 2 amide bonds. The molecular weight excluding hydrogens is 266 g/mol. The van der Waals surface area contributed by atoms with Crippen LogP contribution in [0, 0.1) is 0 Å². The van der Waals surface area contributed by atoms with E-state index in [1.807, 2.05) is 32.0 Å².